The Labute approximate surface area is 103 Å². The molecule has 1 nitrogen and oxygen atoms in total. The number of benzene rings is 2. The molecule has 0 aliphatic heterocycles. The van der Waals surface area contributed by atoms with Crippen LogP contribution in [0.15, 0.2) is 36.4 Å². The van der Waals surface area contributed by atoms with E-state index in [1.807, 2.05) is 0 Å². The highest BCUT2D eigenvalue weighted by molar-refractivity contribution is 5.65. The van der Waals surface area contributed by atoms with Gasteiger partial charge in [-0.15, -0.1) is 0 Å². The van der Waals surface area contributed by atoms with E-state index in [9.17, 15) is 13.2 Å². The Morgan fingerprint density at radius 2 is 1.61 bits per heavy atom. The van der Waals surface area contributed by atoms with E-state index in [0.717, 1.165) is 11.6 Å². The van der Waals surface area contributed by atoms with Crippen molar-refractivity contribution in [1.29, 1.82) is 0 Å². The molecule has 0 saturated carbocycles. The summed E-state index contributed by atoms with van der Waals surface area (Å²) in [6.45, 7) is 1.79. The summed E-state index contributed by atoms with van der Waals surface area (Å²) in [5, 5.41) is 0. The zero-order valence-electron chi connectivity index (χ0n) is 9.75. The molecular formula is C14H12F3N. The highest BCUT2D eigenvalue weighted by atomic mass is 19.2. The Bertz CT molecular complexity index is 579. The third-order valence-electron chi connectivity index (χ3n) is 2.73. The van der Waals surface area contributed by atoms with Gasteiger partial charge in [0.25, 0.3) is 0 Å². The Morgan fingerprint density at radius 1 is 0.944 bits per heavy atom. The Balaban J connectivity index is 2.55. The summed E-state index contributed by atoms with van der Waals surface area (Å²) in [6.07, 6.45) is 0. The maximum Gasteiger partial charge on any atom is 0.161 e. The van der Waals surface area contributed by atoms with E-state index >= 15 is 0 Å². The minimum absolute atomic E-state index is 0.0244. The van der Waals surface area contributed by atoms with Crippen LogP contribution in [0.5, 0.6) is 0 Å². The molecule has 2 N–H and O–H groups in total. The maximum absolute atomic E-state index is 13.6. The average molecular weight is 251 g/mol. The molecule has 0 fully saturated rings. The van der Waals surface area contributed by atoms with Crippen LogP contribution < -0.4 is 5.73 Å². The molecular weight excluding hydrogens is 239 g/mol. The molecule has 0 heterocycles. The summed E-state index contributed by atoms with van der Waals surface area (Å²) in [5.74, 6) is -3.06. The predicted octanol–water partition coefficient (Wildman–Crippen LogP) is 3.79. The van der Waals surface area contributed by atoms with Crippen LogP contribution in [0.2, 0.25) is 0 Å². The van der Waals surface area contributed by atoms with Crippen LogP contribution in [0.3, 0.4) is 0 Å². The molecule has 94 valence electrons. The zero-order chi connectivity index (χ0) is 13.3. The van der Waals surface area contributed by atoms with Gasteiger partial charge in [-0.2, -0.15) is 0 Å². The van der Waals surface area contributed by atoms with Gasteiger partial charge in [0.1, 0.15) is 5.82 Å². The van der Waals surface area contributed by atoms with E-state index in [1.165, 1.54) is 0 Å². The summed E-state index contributed by atoms with van der Waals surface area (Å²) in [6, 6.07) is 7.98. The quantitative estimate of drug-likeness (QED) is 0.807. The number of nitrogens with two attached hydrogens (primary N) is 1. The molecule has 0 amide bonds. The van der Waals surface area contributed by atoms with Gasteiger partial charge in [-0.1, -0.05) is 18.2 Å². The lowest BCUT2D eigenvalue weighted by Gasteiger charge is -2.09. The lowest BCUT2D eigenvalue weighted by molar-refractivity contribution is 0.496. The van der Waals surface area contributed by atoms with Crippen molar-refractivity contribution in [1.82, 2.24) is 0 Å². The topological polar surface area (TPSA) is 26.0 Å². The van der Waals surface area contributed by atoms with Crippen molar-refractivity contribution in [2.45, 2.75) is 13.0 Å². The highest BCUT2D eigenvalue weighted by Gasteiger charge is 2.12. The van der Waals surface area contributed by atoms with Crippen molar-refractivity contribution >= 4 is 0 Å². The Kier molecular flexibility index (Phi) is 3.39. The smallest absolute Gasteiger partial charge is 0.161 e. The Hall–Kier alpha value is -1.81. The molecule has 0 saturated heterocycles. The highest BCUT2D eigenvalue weighted by Crippen LogP contribution is 2.27. The fourth-order valence-electron chi connectivity index (χ4n) is 1.73. The van der Waals surface area contributed by atoms with Gasteiger partial charge in [-0.25, -0.2) is 13.2 Å². The first kappa shape index (κ1) is 12.6. The van der Waals surface area contributed by atoms with Crippen LogP contribution >= 0.6 is 0 Å². The molecule has 2 aromatic carbocycles. The minimum Gasteiger partial charge on any atom is -0.324 e. The lowest BCUT2D eigenvalue weighted by atomic mass is 10.00. The number of hydrogen-bond acceptors (Lipinski definition) is 1. The molecule has 18 heavy (non-hydrogen) atoms. The standard InChI is InChI=1S/C14H12F3N/c1-8(18)9-3-2-4-10(5-9)11-6-13(16)14(17)7-12(11)15/h2-8H,18H2,1H3. The third kappa shape index (κ3) is 2.38. The van der Waals surface area contributed by atoms with E-state index < -0.39 is 17.5 Å². The maximum atomic E-state index is 13.6. The van der Waals surface area contributed by atoms with E-state index in [4.69, 9.17) is 5.73 Å². The number of hydrogen-bond donors (Lipinski definition) is 1. The molecule has 0 aliphatic rings. The first-order valence-electron chi connectivity index (χ1n) is 5.49. The predicted molar refractivity (Wildman–Crippen MR) is 64.4 cm³/mol. The summed E-state index contributed by atoms with van der Waals surface area (Å²) in [7, 11) is 0. The van der Waals surface area contributed by atoms with Crippen LogP contribution in [0.1, 0.15) is 18.5 Å². The summed E-state index contributed by atoms with van der Waals surface area (Å²) in [4.78, 5) is 0. The second kappa shape index (κ2) is 4.82. The minimum atomic E-state index is -1.19. The van der Waals surface area contributed by atoms with Crippen LogP contribution in [0.4, 0.5) is 13.2 Å². The van der Waals surface area contributed by atoms with E-state index in [0.29, 0.717) is 11.6 Å². The molecule has 0 spiro atoms. The van der Waals surface area contributed by atoms with E-state index in [2.05, 4.69) is 0 Å². The molecule has 1 unspecified atom stereocenters. The Morgan fingerprint density at radius 3 is 2.28 bits per heavy atom. The van der Waals surface area contributed by atoms with Crippen molar-refractivity contribution in [3.8, 4) is 11.1 Å². The van der Waals surface area contributed by atoms with Crippen LogP contribution in [0.25, 0.3) is 11.1 Å². The van der Waals surface area contributed by atoms with Crippen LogP contribution in [-0.4, -0.2) is 0 Å². The normalized spacial score (nSPS) is 12.5. The fourth-order valence-corrected chi connectivity index (χ4v) is 1.73. The van der Waals surface area contributed by atoms with Crippen molar-refractivity contribution < 1.29 is 13.2 Å². The molecule has 2 aromatic rings. The molecule has 0 aliphatic carbocycles. The van der Waals surface area contributed by atoms with Gasteiger partial charge >= 0.3 is 0 Å². The number of rotatable bonds is 2. The van der Waals surface area contributed by atoms with Gasteiger partial charge in [-0.05, 0) is 30.2 Å². The van der Waals surface area contributed by atoms with Gasteiger partial charge in [0.15, 0.2) is 11.6 Å². The van der Waals surface area contributed by atoms with Crippen molar-refractivity contribution in [2.75, 3.05) is 0 Å². The monoisotopic (exact) mass is 251 g/mol. The van der Waals surface area contributed by atoms with Crippen molar-refractivity contribution in [3.63, 3.8) is 0 Å². The largest absolute Gasteiger partial charge is 0.324 e. The first-order chi connectivity index (χ1) is 8.49. The summed E-state index contributed by atoms with van der Waals surface area (Å²) in [5.41, 5.74) is 7.03. The SMILES string of the molecule is CC(N)c1cccc(-c2cc(F)c(F)cc2F)c1. The zero-order valence-corrected chi connectivity index (χ0v) is 9.75. The van der Waals surface area contributed by atoms with Crippen molar-refractivity contribution in [2.24, 2.45) is 5.73 Å². The molecule has 0 bridgehead atoms. The van der Waals surface area contributed by atoms with Gasteiger partial charge in [0.2, 0.25) is 0 Å². The lowest BCUT2D eigenvalue weighted by Crippen LogP contribution is -2.04. The van der Waals surface area contributed by atoms with Crippen LogP contribution in [0, 0.1) is 17.5 Å². The van der Waals surface area contributed by atoms with Gasteiger partial charge in [0.05, 0.1) is 0 Å². The third-order valence-corrected chi connectivity index (χ3v) is 2.73. The first-order valence-corrected chi connectivity index (χ1v) is 5.49. The average Bonchev–Trinajstić information content (AvgIpc) is 2.34. The van der Waals surface area contributed by atoms with E-state index in [1.54, 1.807) is 31.2 Å². The second-order valence-electron chi connectivity index (χ2n) is 4.16. The summed E-state index contributed by atoms with van der Waals surface area (Å²) >= 11 is 0. The fraction of sp³-hybridized carbons (Fsp3) is 0.143. The molecule has 1 atom stereocenters. The molecule has 0 radical (unpaired) electrons. The molecule has 4 heteroatoms. The molecule has 2 rings (SSSR count). The van der Waals surface area contributed by atoms with Crippen LogP contribution in [-0.2, 0) is 0 Å². The number of halogens is 3. The molecule has 0 aromatic heterocycles. The second-order valence-corrected chi connectivity index (χ2v) is 4.16. The van der Waals surface area contributed by atoms with Crippen molar-refractivity contribution in [3.05, 3.63) is 59.4 Å². The van der Waals surface area contributed by atoms with E-state index in [-0.39, 0.29) is 11.6 Å². The summed E-state index contributed by atoms with van der Waals surface area (Å²) < 4.78 is 39.6. The van der Waals surface area contributed by atoms with Gasteiger partial charge in [0, 0.05) is 17.7 Å². The van der Waals surface area contributed by atoms with Gasteiger partial charge in [-0.3, -0.25) is 0 Å². The van der Waals surface area contributed by atoms with Gasteiger partial charge < -0.3 is 5.73 Å².